The van der Waals surface area contributed by atoms with Crippen LogP contribution in [0.5, 0.6) is 0 Å². The predicted octanol–water partition coefficient (Wildman–Crippen LogP) is 2.58. The van der Waals surface area contributed by atoms with Crippen molar-refractivity contribution in [3.8, 4) is 0 Å². The van der Waals surface area contributed by atoms with E-state index in [4.69, 9.17) is 0 Å². The SMILES string of the molecule is Cc1nc([C@@H](C)NC(=O)Cc2ccc(S(C)(=O)=O)cc2)c(C)s1. The van der Waals surface area contributed by atoms with Crippen LogP contribution in [0.4, 0.5) is 0 Å². The van der Waals surface area contributed by atoms with Crippen LogP contribution in [-0.2, 0) is 21.1 Å². The van der Waals surface area contributed by atoms with Gasteiger partial charge in [0.2, 0.25) is 5.91 Å². The minimum absolute atomic E-state index is 0.116. The molecular formula is C16H20N2O3S2. The van der Waals surface area contributed by atoms with Gasteiger partial charge in [0.05, 0.1) is 28.1 Å². The van der Waals surface area contributed by atoms with E-state index in [0.29, 0.717) is 0 Å². The summed E-state index contributed by atoms with van der Waals surface area (Å²) in [6.45, 7) is 5.84. The van der Waals surface area contributed by atoms with Crippen LogP contribution in [0, 0.1) is 13.8 Å². The summed E-state index contributed by atoms with van der Waals surface area (Å²) in [7, 11) is -3.21. The zero-order chi connectivity index (χ0) is 17.2. The fraction of sp³-hybridized carbons (Fsp3) is 0.375. The molecule has 0 spiro atoms. The van der Waals surface area contributed by atoms with Gasteiger partial charge in [-0.25, -0.2) is 13.4 Å². The molecule has 2 aromatic rings. The Kier molecular flexibility index (Phi) is 5.21. The number of hydrogen-bond donors (Lipinski definition) is 1. The third-order valence-electron chi connectivity index (χ3n) is 3.44. The lowest BCUT2D eigenvalue weighted by atomic mass is 10.1. The van der Waals surface area contributed by atoms with Crippen molar-refractivity contribution in [1.82, 2.24) is 10.3 Å². The Morgan fingerprint density at radius 2 is 1.87 bits per heavy atom. The summed E-state index contributed by atoms with van der Waals surface area (Å²) in [5.74, 6) is -0.116. The average molecular weight is 352 g/mol. The van der Waals surface area contributed by atoms with Gasteiger partial charge in [0, 0.05) is 11.1 Å². The number of benzene rings is 1. The van der Waals surface area contributed by atoms with E-state index in [-0.39, 0.29) is 23.3 Å². The second-order valence-electron chi connectivity index (χ2n) is 5.56. The van der Waals surface area contributed by atoms with Gasteiger partial charge < -0.3 is 5.32 Å². The first-order valence-corrected chi connectivity index (χ1v) is 9.90. The molecule has 0 aliphatic heterocycles. The van der Waals surface area contributed by atoms with Crippen molar-refractivity contribution in [3.63, 3.8) is 0 Å². The fourth-order valence-electron chi connectivity index (χ4n) is 2.35. The van der Waals surface area contributed by atoms with E-state index in [1.54, 1.807) is 23.5 Å². The van der Waals surface area contributed by atoms with Crippen molar-refractivity contribution in [3.05, 3.63) is 45.4 Å². The van der Waals surface area contributed by atoms with E-state index in [9.17, 15) is 13.2 Å². The highest BCUT2D eigenvalue weighted by molar-refractivity contribution is 7.90. The standard InChI is InChI=1S/C16H20N2O3S2/c1-10(16-11(2)22-12(3)18-16)17-15(19)9-13-5-7-14(8-6-13)23(4,20)21/h5-8,10H,9H2,1-4H3,(H,17,19)/t10-/m1/s1. The maximum atomic E-state index is 12.1. The van der Waals surface area contributed by atoms with Gasteiger partial charge in [0.1, 0.15) is 0 Å². The molecule has 0 saturated heterocycles. The van der Waals surface area contributed by atoms with Crippen LogP contribution in [0.15, 0.2) is 29.2 Å². The molecule has 0 saturated carbocycles. The monoisotopic (exact) mass is 352 g/mol. The number of sulfone groups is 1. The maximum absolute atomic E-state index is 12.1. The molecule has 5 nitrogen and oxygen atoms in total. The van der Waals surface area contributed by atoms with Crippen LogP contribution in [0.25, 0.3) is 0 Å². The van der Waals surface area contributed by atoms with Crippen molar-refractivity contribution < 1.29 is 13.2 Å². The van der Waals surface area contributed by atoms with Crippen LogP contribution < -0.4 is 5.32 Å². The minimum Gasteiger partial charge on any atom is -0.348 e. The second kappa shape index (κ2) is 6.80. The van der Waals surface area contributed by atoms with Crippen molar-refractivity contribution in [1.29, 1.82) is 0 Å². The first kappa shape index (κ1) is 17.6. The molecule has 1 heterocycles. The molecule has 0 aliphatic carbocycles. The molecule has 1 aromatic heterocycles. The van der Waals surface area contributed by atoms with E-state index in [1.807, 2.05) is 20.8 Å². The number of carbonyl (C=O) groups is 1. The molecule has 0 unspecified atom stereocenters. The highest BCUT2D eigenvalue weighted by Crippen LogP contribution is 2.22. The van der Waals surface area contributed by atoms with Gasteiger partial charge in [-0.3, -0.25) is 4.79 Å². The van der Waals surface area contributed by atoms with Crippen LogP contribution in [-0.4, -0.2) is 25.6 Å². The van der Waals surface area contributed by atoms with Crippen LogP contribution in [0.2, 0.25) is 0 Å². The topological polar surface area (TPSA) is 76.1 Å². The Bertz CT molecular complexity index is 808. The highest BCUT2D eigenvalue weighted by atomic mass is 32.2. The number of hydrogen-bond acceptors (Lipinski definition) is 5. The number of carbonyl (C=O) groups excluding carboxylic acids is 1. The Hall–Kier alpha value is -1.73. The molecule has 23 heavy (non-hydrogen) atoms. The number of aryl methyl sites for hydroxylation is 2. The van der Waals surface area contributed by atoms with E-state index >= 15 is 0 Å². The first-order chi connectivity index (χ1) is 10.7. The van der Waals surface area contributed by atoms with Gasteiger partial charge in [0.15, 0.2) is 9.84 Å². The van der Waals surface area contributed by atoms with Crippen molar-refractivity contribution in [2.75, 3.05) is 6.26 Å². The van der Waals surface area contributed by atoms with Gasteiger partial charge in [-0.2, -0.15) is 0 Å². The molecule has 7 heteroatoms. The number of aromatic nitrogens is 1. The highest BCUT2D eigenvalue weighted by Gasteiger charge is 2.16. The Balaban J connectivity index is 2.01. The van der Waals surface area contributed by atoms with Gasteiger partial charge in [-0.05, 0) is 38.5 Å². The van der Waals surface area contributed by atoms with Crippen LogP contribution in [0.3, 0.4) is 0 Å². The Morgan fingerprint density at radius 3 is 2.35 bits per heavy atom. The molecule has 1 atom stereocenters. The number of amides is 1. The summed E-state index contributed by atoms with van der Waals surface area (Å²) in [4.78, 5) is 17.9. The van der Waals surface area contributed by atoms with Crippen molar-refractivity contribution >= 4 is 27.1 Å². The zero-order valence-corrected chi connectivity index (χ0v) is 15.2. The van der Waals surface area contributed by atoms with Gasteiger partial charge >= 0.3 is 0 Å². The number of nitrogens with zero attached hydrogens (tertiary/aromatic N) is 1. The Morgan fingerprint density at radius 1 is 1.26 bits per heavy atom. The molecular weight excluding hydrogens is 332 g/mol. The normalized spacial score (nSPS) is 12.9. The van der Waals surface area contributed by atoms with E-state index in [2.05, 4.69) is 10.3 Å². The van der Waals surface area contributed by atoms with E-state index in [0.717, 1.165) is 27.4 Å². The summed E-state index contributed by atoms with van der Waals surface area (Å²) in [6, 6.07) is 6.23. The summed E-state index contributed by atoms with van der Waals surface area (Å²) >= 11 is 1.61. The Labute approximate surface area is 140 Å². The van der Waals surface area contributed by atoms with Gasteiger partial charge in [-0.1, -0.05) is 12.1 Å². The third-order valence-corrected chi connectivity index (χ3v) is 5.47. The number of rotatable bonds is 5. The molecule has 0 fully saturated rings. The lowest BCUT2D eigenvalue weighted by molar-refractivity contribution is -0.121. The van der Waals surface area contributed by atoms with Crippen molar-refractivity contribution in [2.24, 2.45) is 0 Å². The van der Waals surface area contributed by atoms with Crippen LogP contribution in [0.1, 0.15) is 34.1 Å². The fourth-order valence-corrected chi connectivity index (χ4v) is 3.89. The maximum Gasteiger partial charge on any atom is 0.224 e. The zero-order valence-electron chi connectivity index (χ0n) is 13.6. The molecule has 0 aliphatic rings. The smallest absolute Gasteiger partial charge is 0.224 e. The lowest BCUT2D eigenvalue weighted by Gasteiger charge is -2.13. The predicted molar refractivity (Wildman–Crippen MR) is 91.4 cm³/mol. The summed E-state index contributed by atoms with van der Waals surface area (Å²) in [6.07, 6.45) is 1.37. The van der Waals surface area contributed by atoms with Crippen molar-refractivity contribution in [2.45, 2.75) is 38.1 Å². The van der Waals surface area contributed by atoms with Crippen LogP contribution >= 0.6 is 11.3 Å². The van der Waals surface area contributed by atoms with E-state index in [1.165, 1.54) is 12.1 Å². The van der Waals surface area contributed by atoms with Gasteiger partial charge in [-0.15, -0.1) is 11.3 Å². The summed E-state index contributed by atoms with van der Waals surface area (Å²) < 4.78 is 22.8. The summed E-state index contributed by atoms with van der Waals surface area (Å²) in [5, 5.41) is 3.91. The number of nitrogens with one attached hydrogen (secondary N) is 1. The molecule has 1 amide bonds. The van der Waals surface area contributed by atoms with E-state index < -0.39 is 9.84 Å². The third kappa shape index (κ3) is 4.62. The first-order valence-electron chi connectivity index (χ1n) is 7.19. The molecule has 0 radical (unpaired) electrons. The lowest BCUT2D eigenvalue weighted by Crippen LogP contribution is -2.28. The minimum atomic E-state index is -3.21. The number of thiazole rings is 1. The second-order valence-corrected chi connectivity index (χ2v) is 8.98. The molecule has 2 rings (SSSR count). The average Bonchev–Trinajstić information content (AvgIpc) is 2.77. The van der Waals surface area contributed by atoms with Gasteiger partial charge in [0.25, 0.3) is 0 Å². The largest absolute Gasteiger partial charge is 0.348 e. The summed E-state index contributed by atoms with van der Waals surface area (Å²) in [5.41, 5.74) is 1.67. The molecule has 1 N–H and O–H groups in total. The molecule has 0 bridgehead atoms. The molecule has 1 aromatic carbocycles. The quantitative estimate of drug-likeness (QED) is 0.897. The molecule has 124 valence electrons.